The maximum atomic E-state index is 12.3. The SMILES string of the molecule is CC(NC(=O)CCCCCCN)c1cccc(NC(=O)c2ccccc2)c1.Cl. The van der Waals surface area contributed by atoms with Gasteiger partial charge in [-0.05, 0) is 56.1 Å². The first-order chi connectivity index (χ1) is 13.1. The second-order valence-electron chi connectivity index (χ2n) is 6.69. The third kappa shape index (κ3) is 8.11. The van der Waals surface area contributed by atoms with Gasteiger partial charge in [0.15, 0.2) is 0 Å². The lowest BCUT2D eigenvalue weighted by Gasteiger charge is -2.16. The summed E-state index contributed by atoms with van der Waals surface area (Å²) in [6, 6.07) is 16.5. The third-order valence-electron chi connectivity index (χ3n) is 4.42. The largest absolute Gasteiger partial charge is 0.350 e. The summed E-state index contributed by atoms with van der Waals surface area (Å²) in [5.74, 6) is -0.101. The number of carbonyl (C=O) groups excluding carboxylic acids is 2. The van der Waals surface area contributed by atoms with Crippen molar-refractivity contribution < 1.29 is 9.59 Å². The number of halogens is 1. The van der Waals surface area contributed by atoms with E-state index in [9.17, 15) is 9.59 Å². The van der Waals surface area contributed by atoms with Gasteiger partial charge in [-0.1, -0.05) is 43.2 Å². The number of nitrogens with two attached hydrogens (primary N) is 1. The molecule has 0 spiro atoms. The summed E-state index contributed by atoms with van der Waals surface area (Å²) in [4.78, 5) is 24.4. The molecule has 2 aromatic rings. The van der Waals surface area contributed by atoms with Gasteiger partial charge >= 0.3 is 0 Å². The third-order valence-corrected chi connectivity index (χ3v) is 4.42. The van der Waals surface area contributed by atoms with Crippen LogP contribution in [0.3, 0.4) is 0 Å². The second-order valence-corrected chi connectivity index (χ2v) is 6.69. The number of carbonyl (C=O) groups is 2. The molecular weight excluding hydrogens is 374 g/mol. The van der Waals surface area contributed by atoms with Crippen LogP contribution in [0.1, 0.15) is 61.0 Å². The summed E-state index contributed by atoms with van der Waals surface area (Å²) < 4.78 is 0. The number of benzene rings is 2. The molecule has 1 unspecified atom stereocenters. The Morgan fingerprint density at radius 1 is 0.964 bits per heavy atom. The highest BCUT2D eigenvalue weighted by atomic mass is 35.5. The van der Waals surface area contributed by atoms with Crippen molar-refractivity contribution in [2.75, 3.05) is 11.9 Å². The Bertz CT molecular complexity index is 738. The summed E-state index contributed by atoms with van der Waals surface area (Å²) in [7, 11) is 0. The van der Waals surface area contributed by atoms with Crippen LogP contribution in [0.25, 0.3) is 0 Å². The molecule has 0 aliphatic carbocycles. The van der Waals surface area contributed by atoms with Gasteiger partial charge in [-0.3, -0.25) is 9.59 Å². The van der Waals surface area contributed by atoms with Gasteiger partial charge in [0, 0.05) is 17.7 Å². The molecule has 0 fully saturated rings. The molecule has 28 heavy (non-hydrogen) atoms. The zero-order valence-corrected chi connectivity index (χ0v) is 17.1. The first kappa shape index (κ1) is 23.7. The molecule has 2 aromatic carbocycles. The maximum Gasteiger partial charge on any atom is 0.255 e. The van der Waals surface area contributed by atoms with Crippen LogP contribution in [0.15, 0.2) is 54.6 Å². The molecule has 0 heterocycles. The van der Waals surface area contributed by atoms with Gasteiger partial charge in [0.2, 0.25) is 5.91 Å². The van der Waals surface area contributed by atoms with Gasteiger partial charge < -0.3 is 16.4 Å². The number of unbranched alkanes of at least 4 members (excludes halogenated alkanes) is 3. The standard InChI is InChI=1S/C22H29N3O2.ClH/c1-17(24-21(26)14-7-2-3-8-15-23)19-12-9-13-20(16-19)25-22(27)18-10-5-4-6-11-18;/h4-6,9-13,16-17H,2-3,7-8,14-15,23H2,1H3,(H,24,26)(H,25,27);1H. The monoisotopic (exact) mass is 403 g/mol. The summed E-state index contributed by atoms with van der Waals surface area (Å²) in [6.07, 6.45) is 4.52. The van der Waals surface area contributed by atoms with Crippen LogP contribution in [-0.2, 0) is 4.79 Å². The van der Waals surface area contributed by atoms with Crippen LogP contribution in [-0.4, -0.2) is 18.4 Å². The van der Waals surface area contributed by atoms with E-state index in [1.54, 1.807) is 12.1 Å². The lowest BCUT2D eigenvalue weighted by molar-refractivity contribution is -0.121. The summed E-state index contributed by atoms with van der Waals surface area (Å²) in [6.45, 7) is 2.66. The minimum atomic E-state index is -0.151. The quantitative estimate of drug-likeness (QED) is 0.512. The van der Waals surface area contributed by atoms with E-state index in [-0.39, 0.29) is 30.3 Å². The van der Waals surface area contributed by atoms with Gasteiger partial charge in [-0.15, -0.1) is 12.4 Å². The van der Waals surface area contributed by atoms with Crippen LogP contribution < -0.4 is 16.4 Å². The molecule has 0 saturated heterocycles. The van der Waals surface area contributed by atoms with Gasteiger partial charge in [0.05, 0.1) is 6.04 Å². The highest BCUT2D eigenvalue weighted by Gasteiger charge is 2.11. The number of anilines is 1. The number of hydrogen-bond acceptors (Lipinski definition) is 3. The van der Waals surface area contributed by atoms with Crippen LogP contribution in [0.5, 0.6) is 0 Å². The molecule has 152 valence electrons. The molecule has 6 heteroatoms. The van der Waals surface area contributed by atoms with Crippen molar-refractivity contribution in [2.24, 2.45) is 5.73 Å². The summed E-state index contributed by atoms with van der Waals surface area (Å²) in [5, 5.41) is 5.92. The van der Waals surface area contributed by atoms with E-state index in [4.69, 9.17) is 5.73 Å². The van der Waals surface area contributed by atoms with E-state index in [0.717, 1.165) is 31.2 Å². The number of nitrogens with one attached hydrogen (secondary N) is 2. The fourth-order valence-corrected chi connectivity index (χ4v) is 2.86. The molecule has 0 aromatic heterocycles. The normalized spacial score (nSPS) is 11.2. The van der Waals surface area contributed by atoms with Crippen molar-refractivity contribution in [3.63, 3.8) is 0 Å². The molecular formula is C22H30ClN3O2. The minimum absolute atomic E-state index is 0. The molecule has 0 saturated carbocycles. The number of rotatable bonds is 10. The number of amides is 2. The van der Waals surface area contributed by atoms with Crippen molar-refractivity contribution in [1.82, 2.24) is 5.32 Å². The molecule has 1 atom stereocenters. The number of hydrogen-bond donors (Lipinski definition) is 3. The molecule has 2 rings (SSSR count). The maximum absolute atomic E-state index is 12.3. The average molecular weight is 404 g/mol. The van der Waals surface area contributed by atoms with E-state index >= 15 is 0 Å². The van der Waals surface area contributed by atoms with E-state index in [0.29, 0.717) is 24.2 Å². The Labute approximate surface area is 173 Å². The van der Waals surface area contributed by atoms with Gasteiger partial charge in [0.25, 0.3) is 5.91 Å². The van der Waals surface area contributed by atoms with Crippen LogP contribution in [0.2, 0.25) is 0 Å². The van der Waals surface area contributed by atoms with Crippen LogP contribution in [0, 0.1) is 0 Å². The predicted octanol–water partition coefficient (Wildman–Crippen LogP) is 4.45. The van der Waals surface area contributed by atoms with E-state index < -0.39 is 0 Å². The van der Waals surface area contributed by atoms with E-state index in [1.807, 2.05) is 49.4 Å². The molecule has 0 aliphatic rings. The van der Waals surface area contributed by atoms with E-state index in [1.165, 1.54) is 0 Å². The Morgan fingerprint density at radius 3 is 2.39 bits per heavy atom. The average Bonchev–Trinajstić information content (AvgIpc) is 2.68. The lowest BCUT2D eigenvalue weighted by Crippen LogP contribution is -2.26. The van der Waals surface area contributed by atoms with Gasteiger partial charge in [-0.2, -0.15) is 0 Å². The Morgan fingerprint density at radius 2 is 1.68 bits per heavy atom. The van der Waals surface area contributed by atoms with Crippen molar-refractivity contribution in [2.45, 2.75) is 45.1 Å². The minimum Gasteiger partial charge on any atom is -0.350 e. The fraction of sp³-hybridized carbons (Fsp3) is 0.364. The molecule has 0 bridgehead atoms. The summed E-state index contributed by atoms with van der Waals surface area (Å²) >= 11 is 0. The van der Waals surface area contributed by atoms with Crippen molar-refractivity contribution in [3.8, 4) is 0 Å². The zero-order chi connectivity index (χ0) is 19.5. The molecule has 0 radical (unpaired) electrons. The second kappa shape index (κ2) is 12.9. The Hall–Kier alpha value is -2.37. The topological polar surface area (TPSA) is 84.2 Å². The van der Waals surface area contributed by atoms with Gasteiger partial charge in [-0.25, -0.2) is 0 Å². The molecule has 2 amide bonds. The van der Waals surface area contributed by atoms with Crippen LogP contribution >= 0.6 is 12.4 Å². The molecule has 5 nitrogen and oxygen atoms in total. The first-order valence-corrected chi connectivity index (χ1v) is 9.56. The highest BCUT2D eigenvalue weighted by molar-refractivity contribution is 6.04. The fourth-order valence-electron chi connectivity index (χ4n) is 2.86. The van der Waals surface area contributed by atoms with Crippen molar-refractivity contribution >= 4 is 29.9 Å². The predicted molar refractivity (Wildman–Crippen MR) is 117 cm³/mol. The van der Waals surface area contributed by atoms with Crippen molar-refractivity contribution in [3.05, 3.63) is 65.7 Å². The smallest absolute Gasteiger partial charge is 0.255 e. The highest BCUT2D eigenvalue weighted by Crippen LogP contribution is 2.18. The Balaban J connectivity index is 0.00000392. The summed E-state index contributed by atoms with van der Waals surface area (Å²) in [5.41, 5.74) is 7.75. The van der Waals surface area contributed by atoms with Crippen LogP contribution in [0.4, 0.5) is 5.69 Å². The van der Waals surface area contributed by atoms with E-state index in [2.05, 4.69) is 10.6 Å². The molecule has 0 aliphatic heterocycles. The Kier molecular flexibility index (Phi) is 10.9. The zero-order valence-electron chi connectivity index (χ0n) is 16.3. The lowest BCUT2D eigenvalue weighted by atomic mass is 10.1. The first-order valence-electron chi connectivity index (χ1n) is 9.56. The van der Waals surface area contributed by atoms with Gasteiger partial charge in [0.1, 0.15) is 0 Å². The molecule has 4 N–H and O–H groups in total. The van der Waals surface area contributed by atoms with Crippen molar-refractivity contribution in [1.29, 1.82) is 0 Å².